The molecule has 2 atom stereocenters. The van der Waals surface area contributed by atoms with Crippen LogP contribution >= 0.6 is 0 Å². The molecule has 11 heavy (non-hydrogen) atoms. The standard InChI is InChI=1S/C6H8O5/c7-1-4-6(10)5(9)3(8)2-11-4/h2,4,6-8,10H,1H2. The highest BCUT2D eigenvalue weighted by Crippen LogP contribution is 2.12. The number of aliphatic hydroxyl groups is 3. The molecule has 1 aliphatic rings. The van der Waals surface area contributed by atoms with E-state index in [9.17, 15) is 4.79 Å². The Kier molecular flexibility index (Phi) is 2.11. The van der Waals surface area contributed by atoms with Crippen molar-refractivity contribution in [3.05, 3.63) is 12.0 Å². The molecule has 62 valence electrons. The van der Waals surface area contributed by atoms with E-state index in [2.05, 4.69) is 4.74 Å². The van der Waals surface area contributed by atoms with Gasteiger partial charge in [-0.15, -0.1) is 0 Å². The minimum absolute atomic E-state index is 0.462. The molecule has 0 fully saturated rings. The van der Waals surface area contributed by atoms with Crippen molar-refractivity contribution in [1.29, 1.82) is 0 Å². The van der Waals surface area contributed by atoms with Crippen molar-refractivity contribution < 1.29 is 24.9 Å². The molecule has 0 saturated carbocycles. The van der Waals surface area contributed by atoms with Crippen LogP contribution in [-0.4, -0.2) is 39.9 Å². The second-order valence-corrected chi connectivity index (χ2v) is 2.17. The zero-order valence-electron chi connectivity index (χ0n) is 5.60. The quantitative estimate of drug-likeness (QED) is 0.444. The Morgan fingerprint density at radius 1 is 1.64 bits per heavy atom. The van der Waals surface area contributed by atoms with Gasteiger partial charge in [0.2, 0.25) is 5.78 Å². The number of carbonyl (C=O) groups is 1. The monoisotopic (exact) mass is 160 g/mol. The predicted octanol–water partition coefficient (Wildman–Crippen LogP) is -1.29. The molecule has 0 amide bonds. The maximum absolute atomic E-state index is 10.7. The molecule has 1 heterocycles. The van der Waals surface area contributed by atoms with E-state index in [1.807, 2.05) is 0 Å². The van der Waals surface area contributed by atoms with Crippen LogP contribution in [0.15, 0.2) is 12.0 Å². The van der Waals surface area contributed by atoms with E-state index in [1.165, 1.54) is 0 Å². The van der Waals surface area contributed by atoms with Gasteiger partial charge in [0.1, 0.15) is 6.26 Å². The van der Waals surface area contributed by atoms with Gasteiger partial charge < -0.3 is 20.1 Å². The molecule has 2 unspecified atom stereocenters. The lowest BCUT2D eigenvalue weighted by Crippen LogP contribution is -2.41. The first-order valence-electron chi connectivity index (χ1n) is 3.04. The summed E-state index contributed by atoms with van der Waals surface area (Å²) in [5, 5.41) is 26.2. The number of ketones is 1. The number of hydrogen-bond donors (Lipinski definition) is 3. The summed E-state index contributed by atoms with van der Waals surface area (Å²) >= 11 is 0. The first-order chi connectivity index (χ1) is 5.16. The SMILES string of the molecule is O=C1C(O)=COC(CO)C1O. The van der Waals surface area contributed by atoms with Crippen LogP contribution in [0.4, 0.5) is 0 Å². The van der Waals surface area contributed by atoms with Crippen LogP contribution in [0.5, 0.6) is 0 Å². The van der Waals surface area contributed by atoms with Crippen LogP contribution in [0.25, 0.3) is 0 Å². The number of carbonyl (C=O) groups excluding carboxylic acids is 1. The number of hydrogen-bond acceptors (Lipinski definition) is 5. The lowest BCUT2D eigenvalue weighted by atomic mass is 10.1. The molecule has 0 aromatic carbocycles. The number of aliphatic hydroxyl groups excluding tert-OH is 3. The summed E-state index contributed by atoms with van der Waals surface area (Å²) in [5.74, 6) is -1.45. The van der Waals surface area contributed by atoms with Crippen LogP contribution in [0.2, 0.25) is 0 Å². The maximum Gasteiger partial charge on any atom is 0.232 e. The van der Waals surface area contributed by atoms with Gasteiger partial charge in [-0.2, -0.15) is 0 Å². The predicted molar refractivity (Wildman–Crippen MR) is 33.7 cm³/mol. The Morgan fingerprint density at radius 2 is 2.27 bits per heavy atom. The van der Waals surface area contributed by atoms with Gasteiger partial charge in [0.25, 0.3) is 0 Å². The Labute approximate surface area is 62.5 Å². The van der Waals surface area contributed by atoms with Gasteiger partial charge in [-0.3, -0.25) is 4.79 Å². The summed E-state index contributed by atoms with van der Waals surface area (Å²) in [5.41, 5.74) is 0. The van der Waals surface area contributed by atoms with E-state index >= 15 is 0 Å². The van der Waals surface area contributed by atoms with Crippen molar-refractivity contribution in [2.45, 2.75) is 12.2 Å². The lowest BCUT2D eigenvalue weighted by Gasteiger charge is -2.22. The van der Waals surface area contributed by atoms with Crippen molar-refractivity contribution in [3.63, 3.8) is 0 Å². The average Bonchev–Trinajstić information content (AvgIpc) is 2.01. The van der Waals surface area contributed by atoms with Crippen LogP contribution in [0.3, 0.4) is 0 Å². The van der Waals surface area contributed by atoms with Gasteiger partial charge >= 0.3 is 0 Å². The Morgan fingerprint density at radius 3 is 2.82 bits per heavy atom. The highest BCUT2D eigenvalue weighted by Gasteiger charge is 2.32. The van der Waals surface area contributed by atoms with E-state index < -0.39 is 30.4 Å². The number of ether oxygens (including phenoxy) is 1. The second-order valence-electron chi connectivity index (χ2n) is 2.17. The molecule has 5 heteroatoms. The molecular formula is C6H8O5. The van der Waals surface area contributed by atoms with E-state index in [1.54, 1.807) is 0 Å². The van der Waals surface area contributed by atoms with Gasteiger partial charge in [-0.05, 0) is 0 Å². The molecular weight excluding hydrogens is 152 g/mol. The summed E-state index contributed by atoms with van der Waals surface area (Å²) < 4.78 is 4.59. The molecule has 3 N–H and O–H groups in total. The first-order valence-corrected chi connectivity index (χ1v) is 3.04. The second kappa shape index (κ2) is 2.89. The zero-order chi connectivity index (χ0) is 8.43. The molecule has 0 saturated heterocycles. The van der Waals surface area contributed by atoms with Gasteiger partial charge in [-0.1, -0.05) is 0 Å². The fourth-order valence-electron chi connectivity index (χ4n) is 0.748. The van der Waals surface area contributed by atoms with Crippen molar-refractivity contribution in [2.75, 3.05) is 6.61 Å². The summed E-state index contributed by atoms with van der Waals surface area (Å²) in [7, 11) is 0. The van der Waals surface area contributed by atoms with Crippen LogP contribution in [-0.2, 0) is 9.53 Å². The third-order valence-electron chi connectivity index (χ3n) is 1.41. The fraction of sp³-hybridized carbons (Fsp3) is 0.500. The van der Waals surface area contributed by atoms with Crippen LogP contribution in [0, 0.1) is 0 Å². The van der Waals surface area contributed by atoms with Crippen LogP contribution < -0.4 is 0 Å². The minimum atomic E-state index is -1.47. The first kappa shape index (κ1) is 8.03. The summed E-state index contributed by atoms with van der Waals surface area (Å²) in [6.07, 6.45) is -1.61. The number of rotatable bonds is 1. The van der Waals surface area contributed by atoms with E-state index in [-0.39, 0.29) is 0 Å². The highest BCUT2D eigenvalue weighted by molar-refractivity contribution is 5.97. The zero-order valence-corrected chi connectivity index (χ0v) is 5.60. The van der Waals surface area contributed by atoms with Gasteiger partial charge in [0.15, 0.2) is 18.0 Å². The average molecular weight is 160 g/mol. The third kappa shape index (κ3) is 1.33. The minimum Gasteiger partial charge on any atom is -0.502 e. The third-order valence-corrected chi connectivity index (χ3v) is 1.41. The summed E-state index contributed by atoms with van der Waals surface area (Å²) in [4.78, 5) is 10.7. The van der Waals surface area contributed by atoms with Crippen LogP contribution in [0.1, 0.15) is 0 Å². The van der Waals surface area contributed by atoms with E-state index in [4.69, 9.17) is 15.3 Å². The molecule has 0 spiro atoms. The van der Waals surface area contributed by atoms with Gasteiger partial charge in [0, 0.05) is 0 Å². The van der Waals surface area contributed by atoms with Crippen molar-refractivity contribution in [3.8, 4) is 0 Å². The molecule has 1 rings (SSSR count). The molecule has 5 nitrogen and oxygen atoms in total. The largest absolute Gasteiger partial charge is 0.502 e. The molecule has 0 radical (unpaired) electrons. The molecule has 1 aliphatic heterocycles. The van der Waals surface area contributed by atoms with Crippen molar-refractivity contribution in [1.82, 2.24) is 0 Å². The van der Waals surface area contributed by atoms with Gasteiger partial charge in [-0.25, -0.2) is 0 Å². The summed E-state index contributed by atoms with van der Waals surface area (Å²) in [6.45, 7) is -0.462. The molecule has 0 aromatic rings. The Balaban J connectivity index is 2.76. The Hall–Kier alpha value is -1.07. The Bertz CT molecular complexity index is 197. The highest BCUT2D eigenvalue weighted by atomic mass is 16.5. The van der Waals surface area contributed by atoms with E-state index in [0.717, 1.165) is 6.26 Å². The molecule has 0 bridgehead atoms. The van der Waals surface area contributed by atoms with Crippen molar-refractivity contribution in [2.24, 2.45) is 0 Å². The smallest absolute Gasteiger partial charge is 0.232 e. The molecule has 0 aromatic heterocycles. The van der Waals surface area contributed by atoms with E-state index in [0.29, 0.717) is 0 Å². The number of Topliss-reactive ketones (excluding diaryl/α,β-unsaturated/α-hetero) is 1. The fourth-order valence-corrected chi connectivity index (χ4v) is 0.748. The molecule has 0 aliphatic carbocycles. The normalized spacial score (nSPS) is 31.1. The summed E-state index contributed by atoms with van der Waals surface area (Å²) in [6, 6.07) is 0. The topological polar surface area (TPSA) is 87.0 Å². The van der Waals surface area contributed by atoms with Gasteiger partial charge in [0.05, 0.1) is 6.61 Å². The van der Waals surface area contributed by atoms with Crippen molar-refractivity contribution >= 4 is 5.78 Å². The lowest BCUT2D eigenvalue weighted by molar-refractivity contribution is -0.138. The maximum atomic E-state index is 10.7.